The van der Waals surface area contributed by atoms with Crippen molar-refractivity contribution in [2.75, 3.05) is 11.5 Å². The Bertz CT molecular complexity index is 1380. The second-order valence-corrected chi connectivity index (χ2v) is 10.3. The van der Waals surface area contributed by atoms with Gasteiger partial charge >= 0.3 is 5.69 Å². The molecule has 1 aliphatic heterocycles. The van der Waals surface area contributed by atoms with Gasteiger partial charge in [0.2, 0.25) is 0 Å². The molecule has 184 valence electrons. The van der Waals surface area contributed by atoms with Crippen molar-refractivity contribution < 1.29 is 14.3 Å². The Morgan fingerprint density at radius 2 is 1.77 bits per heavy atom. The number of rotatable bonds is 4. The van der Waals surface area contributed by atoms with E-state index in [-0.39, 0.29) is 40.6 Å². The largest absolute Gasteiger partial charge is 0.505 e. The van der Waals surface area contributed by atoms with Gasteiger partial charge in [0.05, 0.1) is 11.6 Å². The van der Waals surface area contributed by atoms with Gasteiger partial charge in [0.25, 0.3) is 11.5 Å². The highest BCUT2D eigenvalue weighted by Crippen LogP contribution is 2.30. The van der Waals surface area contributed by atoms with E-state index >= 15 is 0 Å². The minimum Gasteiger partial charge on any atom is -0.505 e. The lowest BCUT2D eigenvalue weighted by atomic mass is 9.90. The fourth-order valence-electron chi connectivity index (χ4n) is 5.10. The summed E-state index contributed by atoms with van der Waals surface area (Å²) in [6.07, 6.45) is 6.17. The topological polar surface area (TPSA) is 119 Å². The Kier molecular flexibility index (Phi) is 6.59. The Labute approximate surface area is 204 Å². The summed E-state index contributed by atoms with van der Waals surface area (Å²) in [6, 6.07) is 3.49. The predicted molar refractivity (Wildman–Crippen MR) is 130 cm³/mol. The molecule has 0 aromatic carbocycles. The lowest BCUT2D eigenvalue weighted by Gasteiger charge is -2.31. The quantitative estimate of drug-likeness (QED) is 0.567. The maximum Gasteiger partial charge on any atom is 0.333 e. The van der Waals surface area contributed by atoms with Gasteiger partial charge in [-0.05, 0) is 68.2 Å². The summed E-state index contributed by atoms with van der Waals surface area (Å²) >= 11 is 1.83. The van der Waals surface area contributed by atoms with Crippen LogP contribution in [-0.2, 0) is 0 Å². The van der Waals surface area contributed by atoms with Crippen LogP contribution in [0.15, 0.2) is 40.2 Å². The van der Waals surface area contributed by atoms with Crippen molar-refractivity contribution >= 4 is 28.7 Å². The zero-order valence-corrected chi connectivity index (χ0v) is 19.8. The second kappa shape index (κ2) is 9.80. The van der Waals surface area contributed by atoms with Crippen molar-refractivity contribution in [3.63, 3.8) is 0 Å². The zero-order valence-electron chi connectivity index (χ0n) is 19.0. The van der Waals surface area contributed by atoms with E-state index in [1.54, 1.807) is 10.6 Å². The lowest BCUT2D eigenvalue weighted by molar-refractivity contribution is 0.0913. The zero-order chi connectivity index (χ0) is 24.5. The number of hydrogen-bond acceptors (Lipinski definition) is 7. The molecule has 1 aliphatic carbocycles. The summed E-state index contributed by atoms with van der Waals surface area (Å²) < 4.78 is 16.9. The minimum absolute atomic E-state index is 0.0385. The molecule has 0 radical (unpaired) electrons. The van der Waals surface area contributed by atoms with Gasteiger partial charge in [-0.3, -0.25) is 18.7 Å². The molecule has 0 bridgehead atoms. The molecule has 1 saturated heterocycles. The molecular weight excluding hydrogens is 473 g/mol. The van der Waals surface area contributed by atoms with Crippen LogP contribution in [0.1, 0.15) is 61.1 Å². The molecule has 9 nitrogen and oxygen atoms in total. The summed E-state index contributed by atoms with van der Waals surface area (Å²) in [4.78, 5) is 47.6. The molecule has 35 heavy (non-hydrogen) atoms. The molecule has 1 saturated carbocycles. The first-order chi connectivity index (χ1) is 16.9. The third kappa shape index (κ3) is 4.56. The van der Waals surface area contributed by atoms with E-state index < -0.39 is 23.0 Å². The second-order valence-electron chi connectivity index (χ2n) is 9.05. The van der Waals surface area contributed by atoms with Gasteiger partial charge in [-0.1, -0.05) is 0 Å². The molecule has 5 rings (SSSR count). The number of thioether (sulfide) groups is 1. The molecule has 11 heteroatoms. The van der Waals surface area contributed by atoms with E-state index in [1.165, 1.54) is 22.9 Å². The highest BCUT2D eigenvalue weighted by molar-refractivity contribution is 7.99. The summed E-state index contributed by atoms with van der Waals surface area (Å²) in [5.41, 5.74) is -0.720. The number of aromatic nitrogens is 4. The van der Waals surface area contributed by atoms with Gasteiger partial charge in [-0.25, -0.2) is 19.2 Å². The van der Waals surface area contributed by atoms with E-state index in [4.69, 9.17) is 0 Å². The Hall–Kier alpha value is -3.21. The highest BCUT2D eigenvalue weighted by atomic mass is 32.2. The number of nitrogens with zero attached hydrogens (tertiary/aromatic N) is 4. The van der Waals surface area contributed by atoms with Crippen molar-refractivity contribution in [2.45, 2.75) is 56.7 Å². The maximum atomic E-state index is 14.0. The monoisotopic (exact) mass is 499 g/mol. The van der Waals surface area contributed by atoms with Crippen molar-refractivity contribution in [2.24, 2.45) is 0 Å². The van der Waals surface area contributed by atoms with Crippen LogP contribution >= 0.6 is 11.8 Å². The van der Waals surface area contributed by atoms with Crippen LogP contribution in [-0.4, -0.2) is 47.7 Å². The first kappa shape index (κ1) is 23.5. The Morgan fingerprint density at radius 3 is 2.49 bits per heavy atom. The Morgan fingerprint density at radius 1 is 1.06 bits per heavy atom. The molecule has 3 aromatic rings. The van der Waals surface area contributed by atoms with Gasteiger partial charge in [-0.2, -0.15) is 11.8 Å². The van der Waals surface area contributed by atoms with Crippen molar-refractivity contribution in [1.29, 1.82) is 0 Å². The van der Waals surface area contributed by atoms with Crippen molar-refractivity contribution in [1.82, 2.24) is 24.4 Å². The lowest BCUT2D eigenvalue weighted by Crippen LogP contribution is -2.46. The fourth-order valence-corrected chi connectivity index (χ4v) is 6.18. The average molecular weight is 500 g/mol. The third-order valence-corrected chi connectivity index (χ3v) is 7.93. The molecule has 2 fully saturated rings. The number of pyridine rings is 2. The molecule has 1 amide bonds. The van der Waals surface area contributed by atoms with Crippen LogP contribution in [0.3, 0.4) is 0 Å². The average Bonchev–Trinajstić information content (AvgIpc) is 2.86. The Balaban J connectivity index is 1.42. The number of nitrogens with one attached hydrogen (secondary N) is 1. The minimum atomic E-state index is -0.616. The SMILES string of the molecule is O=C(N[C@H]1CC[C@@H](n2c(=O)c3cc(F)cnc3n(C3CCSCC3)c2=O)CC1)c1ncccc1O. The number of carbonyl (C=O) groups excluding carboxylic acids is 1. The number of hydrogen-bond donors (Lipinski definition) is 2. The van der Waals surface area contributed by atoms with Gasteiger partial charge in [0.1, 0.15) is 17.2 Å². The van der Waals surface area contributed by atoms with E-state index in [0.717, 1.165) is 30.5 Å². The molecule has 0 spiro atoms. The summed E-state index contributed by atoms with van der Waals surface area (Å²) in [6.45, 7) is 0. The normalized spacial score (nSPS) is 21.2. The van der Waals surface area contributed by atoms with E-state index in [1.807, 2.05) is 11.8 Å². The van der Waals surface area contributed by atoms with Crippen LogP contribution in [0.5, 0.6) is 5.75 Å². The van der Waals surface area contributed by atoms with E-state index in [0.29, 0.717) is 25.7 Å². The number of amides is 1. The molecule has 2 N–H and O–H groups in total. The van der Waals surface area contributed by atoms with Crippen LogP contribution < -0.4 is 16.6 Å². The van der Waals surface area contributed by atoms with Crippen molar-refractivity contribution in [3.8, 4) is 5.75 Å². The maximum absolute atomic E-state index is 14.0. The molecule has 0 atom stereocenters. The first-order valence-corrected chi connectivity index (χ1v) is 12.9. The molecule has 0 unspecified atom stereocenters. The van der Waals surface area contributed by atoms with Crippen LogP contribution in [0.2, 0.25) is 0 Å². The molecular formula is C24H26FN5O4S. The number of aromatic hydroxyl groups is 1. The summed E-state index contributed by atoms with van der Waals surface area (Å²) in [5, 5.41) is 12.9. The predicted octanol–water partition coefficient (Wildman–Crippen LogP) is 2.78. The van der Waals surface area contributed by atoms with Crippen molar-refractivity contribution in [3.05, 3.63) is 62.9 Å². The third-order valence-electron chi connectivity index (χ3n) is 6.88. The molecule has 3 aromatic heterocycles. The number of halogens is 1. The summed E-state index contributed by atoms with van der Waals surface area (Å²) in [7, 11) is 0. The molecule has 4 heterocycles. The molecule has 2 aliphatic rings. The smallest absolute Gasteiger partial charge is 0.333 e. The van der Waals surface area contributed by atoms with Gasteiger partial charge in [0, 0.05) is 24.3 Å². The fraction of sp³-hybridized carbons (Fsp3) is 0.458. The first-order valence-electron chi connectivity index (χ1n) is 11.8. The van der Waals surface area contributed by atoms with E-state index in [9.17, 15) is 23.9 Å². The van der Waals surface area contributed by atoms with Gasteiger partial charge in [-0.15, -0.1) is 0 Å². The standard InChI is InChI=1S/C24H26FN5O4S/c25-14-12-18-21(27-13-14)29(17-7-10-35-11-8-17)24(34)30(23(18)33)16-5-3-15(4-6-16)28-22(32)20-19(31)2-1-9-26-20/h1-2,9,12-13,15-17,31H,3-8,10-11H2,(H,28,32)/t15-,16+. The van der Waals surface area contributed by atoms with E-state index in [2.05, 4.69) is 15.3 Å². The van der Waals surface area contributed by atoms with Crippen LogP contribution in [0.25, 0.3) is 11.0 Å². The van der Waals surface area contributed by atoms with Crippen LogP contribution in [0.4, 0.5) is 4.39 Å². The highest BCUT2D eigenvalue weighted by Gasteiger charge is 2.30. The van der Waals surface area contributed by atoms with Crippen LogP contribution in [0, 0.1) is 5.82 Å². The summed E-state index contributed by atoms with van der Waals surface area (Å²) in [5.74, 6) is 0.553. The van der Waals surface area contributed by atoms with Gasteiger partial charge < -0.3 is 10.4 Å². The van der Waals surface area contributed by atoms with Gasteiger partial charge in [0.15, 0.2) is 5.69 Å². The number of carbonyl (C=O) groups is 1. The number of fused-ring (bicyclic) bond motifs is 1.